The van der Waals surface area contributed by atoms with E-state index in [9.17, 15) is 19.8 Å². The highest BCUT2D eigenvalue weighted by atomic mass is 16.7. The van der Waals surface area contributed by atoms with Crippen molar-refractivity contribution in [2.75, 3.05) is 0 Å². The van der Waals surface area contributed by atoms with Crippen LogP contribution in [0.2, 0.25) is 0 Å². The Bertz CT molecular complexity index is 1120. The molecule has 1 fully saturated rings. The van der Waals surface area contributed by atoms with Crippen LogP contribution in [0.15, 0.2) is 11.6 Å². The second-order valence-corrected chi connectivity index (χ2v) is 11.7. The number of phenols is 1. The average Bonchev–Trinajstić information content (AvgIpc) is 2.80. The van der Waals surface area contributed by atoms with Crippen LogP contribution >= 0.6 is 0 Å². The molecule has 2 aliphatic carbocycles. The number of aromatic hydroxyl groups is 1. The highest BCUT2D eigenvalue weighted by molar-refractivity contribution is 5.67. The number of phenolic OH excluding ortho intramolecular Hbond substituents is 1. The molecule has 1 saturated heterocycles. The van der Waals surface area contributed by atoms with Crippen LogP contribution in [0.1, 0.15) is 108 Å². The number of aliphatic hydroxyl groups excluding tert-OH is 1. The van der Waals surface area contributed by atoms with Gasteiger partial charge in [0.1, 0.15) is 6.10 Å². The summed E-state index contributed by atoms with van der Waals surface area (Å²) in [5, 5.41) is 22.7. The number of rotatable bonds is 5. The van der Waals surface area contributed by atoms with Crippen LogP contribution in [-0.2, 0) is 23.8 Å². The standard InChI is InChI=1S/C30H42O8/c1-13(2)11-20-12-15(4)21-10-9-14(3)22-24(21)23(20)16(5)27(25(22)33)38-30-29(37-19(8)32)26(34)28(17(6)35-30)36-18(7)31/h11,14-15,17,20-21,26,28-30,33-34H,9-10,12H2,1-8H3/t14-,15-,17?,20+,21+,26?,28+,29?,30-/m0/s1. The van der Waals surface area contributed by atoms with E-state index in [2.05, 4.69) is 33.8 Å². The van der Waals surface area contributed by atoms with Crippen LogP contribution in [-0.4, -0.2) is 52.9 Å². The number of hydrogen-bond donors (Lipinski definition) is 2. The highest BCUT2D eigenvalue weighted by Crippen LogP contribution is 2.58. The minimum Gasteiger partial charge on any atom is -0.504 e. The summed E-state index contributed by atoms with van der Waals surface area (Å²) in [7, 11) is 0. The third-order valence-corrected chi connectivity index (χ3v) is 8.38. The summed E-state index contributed by atoms with van der Waals surface area (Å²) >= 11 is 0. The predicted octanol–water partition coefficient (Wildman–Crippen LogP) is 5.12. The average molecular weight is 531 g/mol. The van der Waals surface area contributed by atoms with Gasteiger partial charge in [0.25, 0.3) is 0 Å². The monoisotopic (exact) mass is 530 g/mol. The predicted molar refractivity (Wildman–Crippen MR) is 141 cm³/mol. The number of benzene rings is 1. The van der Waals surface area contributed by atoms with Crippen molar-refractivity contribution in [2.24, 2.45) is 5.92 Å². The SMILES string of the molecule is CC(=O)OC1C(O)[C@H](OC(C)=O)C(C)O[C@H]1Oc1c(C)c2c3c(c1O)[C@@H](C)CC[C@@H]3[C@@H](C)C[C@H]2C=C(C)C. The summed E-state index contributed by atoms with van der Waals surface area (Å²) in [5.74, 6) is 0.330. The Morgan fingerprint density at radius 2 is 1.58 bits per heavy atom. The molecule has 1 heterocycles. The Balaban J connectivity index is 1.82. The summed E-state index contributed by atoms with van der Waals surface area (Å²) in [5.41, 5.74) is 5.41. The Morgan fingerprint density at radius 1 is 0.947 bits per heavy atom. The van der Waals surface area contributed by atoms with Crippen molar-refractivity contribution in [1.82, 2.24) is 0 Å². The van der Waals surface area contributed by atoms with Crippen LogP contribution in [0.25, 0.3) is 0 Å². The first kappa shape index (κ1) is 28.4. The van der Waals surface area contributed by atoms with E-state index < -0.39 is 42.6 Å². The molecule has 1 aliphatic heterocycles. The van der Waals surface area contributed by atoms with Crippen molar-refractivity contribution >= 4 is 11.9 Å². The van der Waals surface area contributed by atoms with Crippen molar-refractivity contribution in [3.63, 3.8) is 0 Å². The van der Waals surface area contributed by atoms with Gasteiger partial charge in [0.2, 0.25) is 6.29 Å². The number of esters is 2. The molecule has 210 valence electrons. The van der Waals surface area contributed by atoms with Gasteiger partial charge in [0.05, 0.1) is 6.10 Å². The van der Waals surface area contributed by atoms with Crippen molar-refractivity contribution in [3.8, 4) is 11.5 Å². The number of aliphatic hydroxyl groups is 1. The van der Waals surface area contributed by atoms with Crippen LogP contribution < -0.4 is 4.74 Å². The molecule has 0 bridgehead atoms. The zero-order chi connectivity index (χ0) is 28.0. The third kappa shape index (κ3) is 5.17. The third-order valence-electron chi connectivity index (χ3n) is 8.38. The molecule has 4 rings (SSSR count). The van der Waals surface area contributed by atoms with Crippen LogP contribution in [0.5, 0.6) is 11.5 Å². The molecule has 0 spiro atoms. The second-order valence-electron chi connectivity index (χ2n) is 11.7. The molecule has 8 heteroatoms. The molecule has 0 radical (unpaired) electrons. The Labute approximate surface area is 225 Å². The molecule has 1 aromatic carbocycles. The fourth-order valence-electron chi connectivity index (χ4n) is 6.82. The molecule has 0 amide bonds. The maximum atomic E-state index is 11.9. The molecule has 38 heavy (non-hydrogen) atoms. The van der Waals surface area contributed by atoms with Crippen LogP contribution in [0.3, 0.4) is 0 Å². The smallest absolute Gasteiger partial charge is 0.303 e. The number of hydrogen-bond acceptors (Lipinski definition) is 8. The lowest BCUT2D eigenvalue weighted by Gasteiger charge is -2.44. The van der Waals surface area contributed by atoms with Gasteiger partial charge in [0.15, 0.2) is 23.7 Å². The van der Waals surface area contributed by atoms with Crippen molar-refractivity contribution < 1.29 is 38.7 Å². The highest BCUT2D eigenvalue weighted by Gasteiger charge is 2.50. The Morgan fingerprint density at radius 3 is 2.18 bits per heavy atom. The maximum Gasteiger partial charge on any atom is 0.303 e. The number of carbonyl (C=O) groups is 2. The largest absolute Gasteiger partial charge is 0.504 e. The fourth-order valence-corrected chi connectivity index (χ4v) is 6.82. The van der Waals surface area contributed by atoms with E-state index in [4.69, 9.17) is 18.9 Å². The lowest BCUT2D eigenvalue weighted by Crippen LogP contribution is -2.60. The number of allylic oxidation sites excluding steroid dienone is 2. The Kier molecular flexibility index (Phi) is 8.15. The zero-order valence-corrected chi connectivity index (χ0v) is 23.7. The van der Waals surface area contributed by atoms with Gasteiger partial charge in [-0.15, -0.1) is 0 Å². The topological polar surface area (TPSA) is 112 Å². The van der Waals surface area contributed by atoms with E-state index in [1.165, 1.54) is 30.5 Å². The van der Waals surface area contributed by atoms with Gasteiger partial charge in [-0.05, 0) is 81.4 Å². The molecular weight excluding hydrogens is 488 g/mol. The minimum atomic E-state index is -1.38. The summed E-state index contributed by atoms with van der Waals surface area (Å²) in [6.45, 7) is 14.7. The van der Waals surface area contributed by atoms with Crippen molar-refractivity contribution in [1.29, 1.82) is 0 Å². The van der Waals surface area contributed by atoms with E-state index in [1.807, 2.05) is 6.92 Å². The summed E-state index contributed by atoms with van der Waals surface area (Å²) in [6.07, 6.45) is -0.279. The first-order valence-corrected chi connectivity index (χ1v) is 13.7. The first-order chi connectivity index (χ1) is 17.8. The van der Waals surface area contributed by atoms with Gasteiger partial charge in [-0.2, -0.15) is 0 Å². The molecular formula is C30H42O8. The lowest BCUT2D eigenvalue weighted by atomic mass is 9.62. The summed E-state index contributed by atoms with van der Waals surface area (Å²) in [6, 6.07) is 0. The Hall–Kier alpha value is -2.58. The van der Waals surface area contributed by atoms with E-state index in [0.717, 1.165) is 30.4 Å². The number of ether oxygens (including phenoxy) is 4. The van der Waals surface area contributed by atoms with Gasteiger partial charge in [-0.3, -0.25) is 9.59 Å². The fraction of sp³-hybridized carbons (Fsp3) is 0.667. The summed E-state index contributed by atoms with van der Waals surface area (Å²) in [4.78, 5) is 23.6. The van der Waals surface area contributed by atoms with Crippen molar-refractivity contribution in [3.05, 3.63) is 33.9 Å². The molecule has 3 aliphatic rings. The minimum absolute atomic E-state index is 0.0814. The molecule has 0 aromatic heterocycles. The van der Waals surface area contributed by atoms with Gasteiger partial charge < -0.3 is 29.2 Å². The second kappa shape index (κ2) is 10.9. The molecule has 3 unspecified atom stereocenters. The van der Waals surface area contributed by atoms with Crippen LogP contribution in [0.4, 0.5) is 0 Å². The van der Waals surface area contributed by atoms with E-state index in [1.54, 1.807) is 6.92 Å². The van der Waals surface area contributed by atoms with E-state index in [-0.39, 0.29) is 23.3 Å². The number of carbonyl (C=O) groups excluding carboxylic acids is 2. The molecule has 8 nitrogen and oxygen atoms in total. The van der Waals surface area contributed by atoms with Crippen molar-refractivity contribution in [2.45, 2.75) is 123 Å². The quantitative estimate of drug-likeness (QED) is 0.399. The molecule has 1 aromatic rings. The lowest BCUT2D eigenvalue weighted by molar-refractivity contribution is -0.277. The summed E-state index contributed by atoms with van der Waals surface area (Å²) < 4.78 is 23.1. The molecule has 9 atom stereocenters. The normalized spacial score (nSPS) is 34.1. The van der Waals surface area contributed by atoms with E-state index >= 15 is 0 Å². The zero-order valence-electron chi connectivity index (χ0n) is 23.7. The van der Waals surface area contributed by atoms with Gasteiger partial charge >= 0.3 is 11.9 Å². The maximum absolute atomic E-state index is 11.9. The first-order valence-electron chi connectivity index (χ1n) is 13.7. The van der Waals surface area contributed by atoms with Crippen LogP contribution in [0, 0.1) is 12.8 Å². The van der Waals surface area contributed by atoms with E-state index in [0.29, 0.717) is 11.8 Å². The van der Waals surface area contributed by atoms with Gasteiger partial charge in [-0.25, -0.2) is 0 Å². The molecule has 0 saturated carbocycles. The van der Waals surface area contributed by atoms with Gasteiger partial charge in [-0.1, -0.05) is 25.5 Å². The molecule has 2 N–H and O–H groups in total. The van der Waals surface area contributed by atoms with Gasteiger partial charge in [0, 0.05) is 25.3 Å².